The second kappa shape index (κ2) is 4.74. The quantitative estimate of drug-likeness (QED) is 0.782. The zero-order valence-electron chi connectivity index (χ0n) is 9.07. The van der Waals surface area contributed by atoms with Crippen LogP contribution in [0.15, 0.2) is 0 Å². The van der Waals surface area contributed by atoms with Crippen molar-refractivity contribution in [3.63, 3.8) is 0 Å². The van der Waals surface area contributed by atoms with Crippen molar-refractivity contribution in [1.29, 1.82) is 0 Å². The Kier molecular flexibility index (Phi) is 3.57. The molecule has 0 aromatic rings. The van der Waals surface area contributed by atoms with Crippen LogP contribution in [0, 0.1) is 0 Å². The summed E-state index contributed by atoms with van der Waals surface area (Å²) in [6.45, 7) is 0.611. The van der Waals surface area contributed by atoms with Crippen LogP contribution in [-0.2, 0) is 4.79 Å². The van der Waals surface area contributed by atoms with E-state index in [1.165, 1.54) is 25.7 Å². The number of rotatable bonds is 2. The molecule has 2 rings (SSSR count). The van der Waals surface area contributed by atoms with Crippen molar-refractivity contribution in [1.82, 2.24) is 4.90 Å². The van der Waals surface area contributed by atoms with Crippen LogP contribution in [-0.4, -0.2) is 39.7 Å². The number of β-amino-alcohol motifs (C(OH)–C–C–N with tert-alkyl or cyclic N) is 1. The summed E-state index contributed by atoms with van der Waals surface area (Å²) in [6, 6.07) is 0. The van der Waals surface area contributed by atoms with Crippen LogP contribution in [0.2, 0.25) is 0 Å². The average molecular weight is 229 g/mol. The van der Waals surface area contributed by atoms with Crippen molar-refractivity contribution in [2.45, 2.75) is 43.4 Å². The number of carbonyl (C=O) groups excluding carboxylic acids is 1. The molecule has 0 bridgehead atoms. The molecule has 0 radical (unpaired) electrons. The number of thioether (sulfide) groups is 1. The summed E-state index contributed by atoms with van der Waals surface area (Å²) < 4.78 is 0. The molecule has 86 valence electrons. The minimum atomic E-state index is 0.0380. The molecule has 1 amide bonds. The van der Waals surface area contributed by atoms with Gasteiger partial charge in [-0.25, -0.2) is 0 Å². The van der Waals surface area contributed by atoms with Crippen molar-refractivity contribution >= 4 is 17.7 Å². The van der Waals surface area contributed by atoms with Crippen LogP contribution >= 0.6 is 11.8 Å². The molecule has 1 N–H and O–H groups in total. The molecular formula is C11H19NO2S. The summed E-state index contributed by atoms with van der Waals surface area (Å²) in [4.78, 5) is 13.7. The second-order valence-corrected chi connectivity index (χ2v) is 5.76. The number of hydrogen-bond donors (Lipinski definition) is 1. The van der Waals surface area contributed by atoms with E-state index in [1.54, 1.807) is 11.8 Å². The van der Waals surface area contributed by atoms with Gasteiger partial charge < -0.3 is 10.0 Å². The predicted octanol–water partition coefficient (Wildman–Crippen LogP) is 1.60. The van der Waals surface area contributed by atoms with Crippen LogP contribution in [0.25, 0.3) is 0 Å². The van der Waals surface area contributed by atoms with E-state index in [0.717, 1.165) is 12.8 Å². The number of amides is 1. The number of hydrogen-bond acceptors (Lipinski definition) is 3. The van der Waals surface area contributed by atoms with Crippen molar-refractivity contribution in [3.8, 4) is 0 Å². The van der Waals surface area contributed by atoms with Gasteiger partial charge in [-0.05, 0) is 12.8 Å². The van der Waals surface area contributed by atoms with E-state index in [-0.39, 0.29) is 17.4 Å². The molecule has 4 heteroatoms. The Hall–Kier alpha value is -0.220. The van der Waals surface area contributed by atoms with E-state index in [4.69, 9.17) is 5.11 Å². The standard InChI is InChI=1S/C11H19NO2S/c13-8-7-12-10(14)9-15-11(12)5-3-1-2-4-6-11/h13H,1-9H2. The molecule has 15 heavy (non-hydrogen) atoms. The van der Waals surface area contributed by atoms with E-state index in [0.29, 0.717) is 12.3 Å². The summed E-state index contributed by atoms with van der Waals surface area (Å²) in [5, 5.41) is 9.03. The van der Waals surface area contributed by atoms with Gasteiger partial charge in [-0.2, -0.15) is 0 Å². The Balaban J connectivity index is 2.12. The van der Waals surface area contributed by atoms with Crippen LogP contribution < -0.4 is 0 Å². The summed E-state index contributed by atoms with van der Waals surface area (Å²) in [6.07, 6.45) is 7.27. The van der Waals surface area contributed by atoms with E-state index in [2.05, 4.69) is 0 Å². The van der Waals surface area contributed by atoms with Gasteiger partial charge in [-0.3, -0.25) is 4.79 Å². The van der Waals surface area contributed by atoms with E-state index in [1.807, 2.05) is 4.90 Å². The number of aliphatic hydroxyl groups is 1. The van der Waals surface area contributed by atoms with Gasteiger partial charge >= 0.3 is 0 Å². The highest BCUT2D eigenvalue weighted by atomic mass is 32.2. The number of aliphatic hydroxyl groups excluding tert-OH is 1. The van der Waals surface area contributed by atoms with Crippen LogP contribution in [0.1, 0.15) is 38.5 Å². The molecule has 2 fully saturated rings. The Bertz CT molecular complexity index is 237. The lowest BCUT2D eigenvalue weighted by Crippen LogP contribution is -2.45. The Morgan fingerprint density at radius 2 is 1.93 bits per heavy atom. The molecule has 1 aliphatic carbocycles. The molecule has 0 atom stereocenters. The van der Waals surface area contributed by atoms with Gasteiger partial charge in [0.1, 0.15) is 0 Å². The van der Waals surface area contributed by atoms with Gasteiger partial charge in [0.2, 0.25) is 5.91 Å². The third-order valence-corrected chi connectivity index (χ3v) is 5.02. The Morgan fingerprint density at radius 3 is 2.53 bits per heavy atom. The lowest BCUT2D eigenvalue weighted by molar-refractivity contribution is -0.131. The van der Waals surface area contributed by atoms with Crippen molar-refractivity contribution in [2.24, 2.45) is 0 Å². The average Bonchev–Trinajstić information content (AvgIpc) is 2.45. The van der Waals surface area contributed by atoms with Gasteiger partial charge in [-0.1, -0.05) is 25.7 Å². The first-order valence-electron chi connectivity index (χ1n) is 5.84. The fraction of sp³-hybridized carbons (Fsp3) is 0.909. The first-order chi connectivity index (χ1) is 7.28. The maximum absolute atomic E-state index is 11.7. The summed E-state index contributed by atoms with van der Waals surface area (Å²) in [5.74, 6) is 0.830. The third-order valence-electron chi connectivity index (χ3n) is 3.47. The van der Waals surface area contributed by atoms with E-state index < -0.39 is 0 Å². The Morgan fingerprint density at radius 1 is 1.27 bits per heavy atom. The van der Waals surface area contributed by atoms with Crippen LogP contribution in [0.5, 0.6) is 0 Å². The first kappa shape index (κ1) is 11.3. The molecule has 3 nitrogen and oxygen atoms in total. The molecule has 1 spiro atoms. The third kappa shape index (κ3) is 2.16. The topological polar surface area (TPSA) is 40.5 Å². The fourth-order valence-electron chi connectivity index (χ4n) is 2.70. The maximum Gasteiger partial charge on any atom is 0.233 e. The van der Waals surface area contributed by atoms with Crippen LogP contribution in [0.4, 0.5) is 0 Å². The largest absolute Gasteiger partial charge is 0.395 e. The molecule has 0 aromatic heterocycles. The van der Waals surface area contributed by atoms with Gasteiger partial charge in [0.15, 0.2) is 0 Å². The van der Waals surface area contributed by atoms with E-state index >= 15 is 0 Å². The van der Waals surface area contributed by atoms with E-state index in [9.17, 15) is 4.79 Å². The van der Waals surface area contributed by atoms with Gasteiger partial charge in [-0.15, -0.1) is 11.8 Å². The van der Waals surface area contributed by atoms with Crippen molar-refractivity contribution < 1.29 is 9.90 Å². The molecule has 1 aliphatic heterocycles. The maximum atomic E-state index is 11.7. The lowest BCUT2D eigenvalue weighted by atomic mass is 10.1. The minimum Gasteiger partial charge on any atom is -0.395 e. The zero-order valence-corrected chi connectivity index (χ0v) is 9.89. The van der Waals surface area contributed by atoms with Gasteiger partial charge in [0.25, 0.3) is 0 Å². The Labute approximate surface area is 95.2 Å². The smallest absolute Gasteiger partial charge is 0.233 e. The minimum absolute atomic E-state index is 0.0380. The number of nitrogens with zero attached hydrogens (tertiary/aromatic N) is 1. The monoisotopic (exact) mass is 229 g/mol. The normalized spacial score (nSPS) is 25.9. The van der Waals surface area contributed by atoms with Gasteiger partial charge in [0, 0.05) is 6.54 Å². The van der Waals surface area contributed by atoms with Crippen LogP contribution in [0.3, 0.4) is 0 Å². The fourth-order valence-corrected chi connectivity index (χ4v) is 4.18. The summed E-state index contributed by atoms with van der Waals surface area (Å²) in [5.41, 5.74) is 0. The molecular weight excluding hydrogens is 210 g/mol. The molecule has 0 aromatic carbocycles. The predicted molar refractivity (Wildman–Crippen MR) is 61.7 cm³/mol. The molecule has 0 unspecified atom stereocenters. The lowest BCUT2D eigenvalue weighted by Gasteiger charge is -2.36. The highest BCUT2D eigenvalue weighted by Gasteiger charge is 2.45. The summed E-state index contributed by atoms with van der Waals surface area (Å²) in [7, 11) is 0. The number of carbonyl (C=O) groups is 1. The zero-order chi connectivity index (χ0) is 10.7. The van der Waals surface area contributed by atoms with Crippen molar-refractivity contribution in [3.05, 3.63) is 0 Å². The molecule has 1 saturated carbocycles. The highest BCUT2D eigenvalue weighted by Crippen LogP contribution is 2.45. The summed E-state index contributed by atoms with van der Waals surface area (Å²) >= 11 is 1.80. The molecule has 1 saturated heterocycles. The molecule has 2 aliphatic rings. The van der Waals surface area contributed by atoms with Gasteiger partial charge in [0.05, 0.1) is 17.2 Å². The van der Waals surface area contributed by atoms with Crippen molar-refractivity contribution in [2.75, 3.05) is 18.9 Å². The highest BCUT2D eigenvalue weighted by molar-refractivity contribution is 8.01. The SMILES string of the molecule is O=C1CSC2(CCCCCC2)N1CCO. The molecule has 1 heterocycles. The second-order valence-electron chi connectivity index (χ2n) is 4.42. The first-order valence-corrected chi connectivity index (χ1v) is 6.82.